The predicted molar refractivity (Wildman–Crippen MR) is 60.8 cm³/mol. The number of aryl methyl sites for hydroxylation is 1. The van der Waals surface area contributed by atoms with Crippen molar-refractivity contribution in [2.24, 2.45) is 5.84 Å². The van der Waals surface area contributed by atoms with Gasteiger partial charge in [0.05, 0.1) is 5.54 Å². The molecule has 0 fully saturated rings. The zero-order valence-corrected chi connectivity index (χ0v) is 9.75. The van der Waals surface area contributed by atoms with E-state index >= 15 is 0 Å². The number of carboxylic acid groups (broad SMARTS) is 1. The van der Waals surface area contributed by atoms with E-state index < -0.39 is 11.6 Å². The number of hydrogen-bond acceptors (Lipinski definition) is 3. The molecule has 1 heterocycles. The Kier molecular flexibility index (Phi) is 3.71. The molecule has 0 unspecified atom stereocenters. The first-order chi connectivity index (χ1) is 6.93. The van der Waals surface area contributed by atoms with Gasteiger partial charge in [-0.05, 0) is 38.1 Å². The minimum Gasteiger partial charge on any atom is -0.464 e. The highest BCUT2D eigenvalue weighted by Gasteiger charge is 2.28. The molecule has 0 saturated carbocycles. The fourth-order valence-corrected chi connectivity index (χ4v) is 1.97. The van der Waals surface area contributed by atoms with Gasteiger partial charge in [-0.2, -0.15) is 0 Å². The van der Waals surface area contributed by atoms with Gasteiger partial charge in [-0.15, -0.1) is 11.3 Å². The van der Waals surface area contributed by atoms with Gasteiger partial charge in [0, 0.05) is 4.88 Å². The van der Waals surface area contributed by atoms with Crippen molar-refractivity contribution in [3.63, 3.8) is 0 Å². The van der Waals surface area contributed by atoms with Crippen LogP contribution in [0.5, 0.6) is 0 Å². The Bertz CT molecular complexity index is 322. The lowest BCUT2D eigenvalue weighted by atomic mass is 9.97. The van der Waals surface area contributed by atoms with Gasteiger partial charge in [-0.3, -0.25) is 0 Å². The van der Waals surface area contributed by atoms with E-state index in [1.54, 1.807) is 11.3 Å². The van der Waals surface area contributed by atoms with Crippen molar-refractivity contribution in [1.29, 1.82) is 0 Å². The van der Waals surface area contributed by atoms with Gasteiger partial charge in [0.1, 0.15) is 0 Å². The first-order valence-corrected chi connectivity index (χ1v) is 5.62. The van der Waals surface area contributed by atoms with E-state index in [0.29, 0.717) is 0 Å². The Labute approximate surface area is 93.3 Å². The molecule has 1 aromatic rings. The number of rotatable bonds is 4. The van der Waals surface area contributed by atoms with E-state index in [1.165, 1.54) is 4.88 Å². The Morgan fingerprint density at radius 3 is 2.80 bits per heavy atom. The van der Waals surface area contributed by atoms with Crippen LogP contribution in [0.4, 0.5) is 4.79 Å². The van der Waals surface area contributed by atoms with Gasteiger partial charge in [0.15, 0.2) is 0 Å². The maximum Gasteiger partial charge on any atom is 0.422 e. The molecule has 0 spiro atoms. The summed E-state index contributed by atoms with van der Waals surface area (Å²) in [7, 11) is 0. The largest absolute Gasteiger partial charge is 0.464 e. The van der Waals surface area contributed by atoms with Gasteiger partial charge < -0.3 is 5.11 Å². The second kappa shape index (κ2) is 4.63. The summed E-state index contributed by atoms with van der Waals surface area (Å²) >= 11 is 1.68. The second-order valence-electron chi connectivity index (χ2n) is 4.04. The standard InChI is InChI=1S/C10H16N2O2S/c1-10(2,12(11)9(13)14)6-5-8-4-3-7-15-8/h3-4,7H,5-6,11H2,1-2H3,(H,13,14). The Hall–Kier alpha value is -1.07. The fraction of sp³-hybridized carbons (Fsp3) is 0.500. The SMILES string of the molecule is CC(C)(CCc1cccs1)N(N)C(=O)O. The quantitative estimate of drug-likeness (QED) is 0.472. The molecule has 15 heavy (non-hydrogen) atoms. The van der Waals surface area contributed by atoms with Crippen LogP contribution in [0.2, 0.25) is 0 Å². The number of nitrogens with two attached hydrogens (primary N) is 1. The number of thiophene rings is 1. The summed E-state index contributed by atoms with van der Waals surface area (Å²) in [4.78, 5) is 12.0. The first-order valence-electron chi connectivity index (χ1n) is 4.74. The molecule has 0 aliphatic heterocycles. The van der Waals surface area contributed by atoms with Crippen molar-refractivity contribution in [2.45, 2.75) is 32.2 Å². The molecule has 0 saturated heterocycles. The zero-order chi connectivity index (χ0) is 11.5. The molecule has 84 valence electrons. The number of hydrazine groups is 1. The van der Waals surface area contributed by atoms with E-state index in [0.717, 1.165) is 17.9 Å². The van der Waals surface area contributed by atoms with Gasteiger partial charge in [0.2, 0.25) is 0 Å². The molecule has 5 heteroatoms. The Morgan fingerprint density at radius 1 is 1.67 bits per heavy atom. The number of carbonyl (C=O) groups is 1. The summed E-state index contributed by atoms with van der Waals surface area (Å²) in [5.41, 5.74) is -0.532. The average Bonchev–Trinajstić information content (AvgIpc) is 2.66. The predicted octanol–water partition coefficient (Wildman–Crippen LogP) is 2.31. The maximum absolute atomic E-state index is 10.7. The molecule has 0 atom stereocenters. The smallest absolute Gasteiger partial charge is 0.422 e. The molecule has 4 nitrogen and oxygen atoms in total. The minimum absolute atomic E-state index is 0.532. The number of hydrogen-bond donors (Lipinski definition) is 2. The Morgan fingerprint density at radius 2 is 2.33 bits per heavy atom. The van der Waals surface area contributed by atoms with E-state index in [1.807, 2.05) is 31.4 Å². The van der Waals surface area contributed by atoms with Crippen molar-refractivity contribution in [3.05, 3.63) is 22.4 Å². The van der Waals surface area contributed by atoms with E-state index in [2.05, 4.69) is 0 Å². The maximum atomic E-state index is 10.7. The van der Waals surface area contributed by atoms with Crippen molar-refractivity contribution < 1.29 is 9.90 Å². The lowest BCUT2D eigenvalue weighted by molar-refractivity contribution is 0.0882. The van der Waals surface area contributed by atoms with Gasteiger partial charge in [-0.25, -0.2) is 15.6 Å². The molecular weight excluding hydrogens is 212 g/mol. The highest BCUT2D eigenvalue weighted by Crippen LogP contribution is 2.20. The summed E-state index contributed by atoms with van der Waals surface area (Å²) in [6.45, 7) is 3.66. The molecule has 0 aromatic carbocycles. The van der Waals surface area contributed by atoms with E-state index in [4.69, 9.17) is 10.9 Å². The highest BCUT2D eigenvalue weighted by atomic mass is 32.1. The second-order valence-corrected chi connectivity index (χ2v) is 5.08. The molecule has 1 amide bonds. The normalized spacial score (nSPS) is 11.4. The van der Waals surface area contributed by atoms with Gasteiger partial charge >= 0.3 is 6.09 Å². The van der Waals surface area contributed by atoms with Crippen LogP contribution in [0.25, 0.3) is 0 Å². The summed E-state index contributed by atoms with van der Waals surface area (Å²) in [5.74, 6) is 5.47. The van der Waals surface area contributed by atoms with Crippen molar-refractivity contribution >= 4 is 17.4 Å². The average molecular weight is 228 g/mol. The number of amides is 1. The minimum atomic E-state index is -1.09. The van der Waals surface area contributed by atoms with Crippen LogP contribution in [0.15, 0.2) is 17.5 Å². The van der Waals surface area contributed by atoms with Crippen LogP contribution >= 0.6 is 11.3 Å². The molecule has 3 N–H and O–H groups in total. The lowest BCUT2D eigenvalue weighted by Gasteiger charge is -2.32. The van der Waals surface area contributed by atoms with Crippen LogP contribution in [-0.4, -0.2) is 21.7 Å². The lowest BCUT2D eigenvalue weighted by Crippen LogP contribution is -2.51. The van der Waals surface area contributed by atoms with Crippen LogP contribution < -0.4 is 5.84 Å². The Balaban J connectivity index is 2.53. The van der Waals surface area contributed by atoms with Crippen molar-refractivity contribution in [2.75, 3.05) is 0 Å². The summed E-state index contributed by atoms with van der Waals surface area (Å²) in [6.07, 6.45) is 0.480. The molecule has 1 aromatic heterocycles. The molecule has 0 bridgehead atoms. The third-order valence-electron chi connectivity index (χ3n) is 2.42. The monoisotopic (exact) mass is 228 g/mol. The van der Waals surface area contributed by atoms with Crippen LogP contribution in [0.3, 0.4) is 0 Å². The highest BCUT2D eigenvalue weighted by molar-refractivity contribution is 7.09. The van der Waals surface area contributed by atoms with Crippen LogP contribution in [-0.2, 0) is 6.42 Å². The van der Waals surface area contributed by atoms with Gasteiger partial charge in [-0.1, -0.05) is 6.07 Å². The topological polar surface area (TPSA) is 66.6 Å². The summed E-state index contributed by atoms with van der Waals surface area (Å²) < 4.78 is 0. The third-order valence-corrected chi connectivity index (χ3v) is 3.36. The first kappa shape index (κ1) is 12.0. The molecule has 0 aliphatic carbocycles. The molecule has 0 aliphatic rings. The fourth-order valence-electron chi connectivity index (χ4n) is 1.26. The van der Waals surface area contributed by atoms with E-state index in [-0.39, 0.29) is 0 Å². The van der Waals surface area contributed by atoms with Crippen LogP contribution in [0.1, 0.15) is 25.1 Å². The van der Waals surface area contributed by atoms with Gasteiger partial charge in [0.25, 0.3) is 0 Å². The van der Waals surface area contributed by atoms with E-state index in [9.17, 15) is 4.79 Å². The third kappa shape index (κ3) is 3.21. The molecule has 0 radical (unpaired) electrons. The summed E-state index contributed by atoms with van der Waals surface area (Å²) in [6, 6.07) is 4.03. The van der Waals surface area contributed by atoms with Crippen LogP contribution in [0, 0.1) is 0 Å². The molecule has 1 rings (SSSR count). The molecular formula is C10H16N2O2S. The summed E-state index contributed by atoms with van der Waals surface area (Å²) in [5, 5.41) is 11.7. The van der Waals surface area contributed by atoms with Crippen molar-refractivity contribution in [1.82, 2.24) is 5.01 Å². The zero-order valence-electron chi connectivity index (χ0n) is 8.93. The number of nitrogens with zero attached hydrogens (tertiary/aromatic N) is 1. The van der Waals surface area contributed by atoms with Crippen molar-refractivity contribution in [3.8, 4) is 0 Å².